The highest BCUT2D eigenvalue weighted by molar-refractivity contribution is 6.32. The van der Waals surface area contributed by atoms with Gasteiger partial charge in [0.15, 0.2) is 5.78 Å². The summed E-state index contributed by atoms with van der Waals surface area (Å²) in [5.41, 5.74) is 3.30. The lowest BCUT2D eigenvalue weighted by molar-refractivity contribution is 0.103. The molecule has 3 heteroatoms. The zero-order valence-electron chi connectivity index (χ0n) is 11.5. The number of rotatable bonds is 4. The second kappa shape index (κ2) is 6.43. The molecule has 0 heterocycles. The third-order valence-electron chi connectivity index (χ3n) is 3.38. The molecule has 2 aromatic rings. The van der Waals surface area contributed by atoms with Gasteiger partial charge in [-0.05, 0) is 60.4 Å². The molecule has 2 rings (SSSR count). The Morgan fingerprint density at radius 2 is 1.25 bits per heavy atom. The maximum Gasteiger partial charge on any atom is 0.193 e. The van der Waals surface area contributed by atoms with E-state index < -0.39 is 0 Å². The quantitative estimate of drug-likeness (QED) is 0.696. The number of hydrogen-bond acceptors (Lipinski definition) is 1. The first kappa shape index (κ1) is 15.1. The zero-order chi connectivity index (χ0) is 14.7. The van der Waals surface area contributed by atoms with Crippen LogP contribution in [-0.4, -0.2) is 5.78 Å². The lowest BCUT2D eigenvalue weighted by atomic mass is 9.98. The fourth-order valence-electron chi connectivity index (χ4n) is 2.14. The van der Waals surface area contributed by atoms with Crippen molar-refractivity contribution in [2.45, 2.75) is 26.7 Å². The van der Waals surface area contributed by atoms with Crippen molar-refractivity contribution in [1.29, 1.82) is 0 Å². The molecule has 0 amide bonds. The minimum Gasteiger partial charge on any atom is -0.289 e. The van der Waals surface area contributed by atoms with Crippen LogP contribution in [0, 0.1) is 0 Å². The number of halogens is 2. The number of aryl methyl sites for hydroxylation is 2. The molecule has 0 aliphatic rings. The van der Waals surface area contributed by atoms with E-state index >= 15 is 0 Å². The summed E-state index contributed by atoms with van der Waals surface area (Å²) in [4.78, 5) is 12.5. The van der Waals surface area contributed by atoms with E-state index in [-0.39, 0.29) is 5.78 Å². The first-order valence-electron chi connectivity index (χ1n) is 6.68. The molecule has 0 N–H and O–H groups in total. The van der Waals surface area contributed by atoms with Gasteiger partial charge in [-0.15, -0.1) is 0 Å². The Hall–Kier alpha value is -1.31. The Bertz CT molecular complexity index is 592. The fourth-order valence-corrected chi connectivity index (χ4v) is 2.64. The smallest absolute Gasteiger partial charge is 0.193 e. The predicted octanol–water partition coefficient (Wildman–Crippen LogP) is 5.35. The van der Waals surface area contributed by atoms with Gasteiger partial charge >= 0.3 is 0 Å². The maximum atomic E-state index is 12.5. The van der Waals surface area contributed by atoms with Crippen LogP contribution in [0.4, 0.5) is 0 Å². The summed E-state index contributed by atoms with van der Waals surface area (Å²) in [6.45, 7) is 4.04. The number of carbonyl (C=O) groups excluding carboxylic acids is 1. The SMILES string of the molecule is CCc1cc(C(=O)c2ccc(Cl)c(CC)c2)ccc1Cl. The zero-order valence-corrected chi connectivity index (χ0v) is 13.1. The number of hydrogen-bond donors (Lipinski definition) is 0. The van der Waals surface area contributed by atoms with E-state index in [0.717, 1.165) is 24.0 Å². The van der Waals surface area contributed by atoms with E-state index in [1.54, 1.807) is 24.3 Å². The van der Waals surface area contributed by atoms with Crippen molar-refractivity contribution in [3.05, 3.63) is 68.7 Å². The van der Waals surface area contributed by atoms with Crippen molar-refractivity contribution in [3.63, 3.8) is 0 Å². The number of carbonyl (C=O) groups is 1. The molecule has 0 radical (unpaired) electrons. The topological polar surface area (TPSA) is 17.1 Å². The summed E-state index contributed by atoms with van der Waals surface area (Å²) in [5.74, 6) is 0.00253. The molecule has 104 valence electrons. The van der Waals surface area contributed by atoms with Gasteiger partial charge in [-0.2, -0.15) is 0 Å². The van der Waals surface area contributed by atoms with Crippen LogP contribution in [0.5, 0.6) is 0 Å². The van der Waals surface area contributed by atoms with E-state index in [2.05, 4.69) is 0 Å². The average Bonchev–Trinajstić information content (AvgIpc) is 2.47. The van der Waals surface area contributed by atoms with Crippen molar-refractivity contribution >= 4 is 29.0 Å². The Kier molecular flexibility index (Phi) is 4.85. The molecule has 0 atom stereocenters. The second-order valence-corrected chi connectivity index (χ2v) is 5.46. The van der Waals surface area contributed by atoms with Crippen LogP contribution in [0.25, 0.3) is 0 Å². The third kappa shape index (κ3) is 3.05. The highest BCUT2D eigenvalue weighted by Crippen LogP contribution is 2.23. The van der Waals surface area contributed by atoms with Gasteiger partial charge in [-0.25, -0.2) is 0 Å². The van der Waals surface area contributed by atoms with Gasteiger partial charge in [-0.1, -0.05) is 37.0 Å². The molecular weight excluding hydrogens is 291 g/mol. The minimum absolute atomic E-state index is 0.00253. The van der Waals surface area contributed by atoms with Gasteiger partial charge in [0, 0.05) is 21.2 Å². The highest BCUT2D eigenvalue weighted by atomic mass is 35.5. The summed E-state index contributed by atoms with van der Waals surface area (Å²) in [7, 11) is 0. The second-order valence-electron chi connectivity index (χ2n) is 4.65. The standard InChI is InChI=1S/C17H16Cl2O/c1-3-11-9-13(5-7-15(11)18)17(20)14-6-8-16(19)12(4-2)10-14/h5-10H,3-4H2,1-2H3. The lowest BCUT2D eigenvalue weighted by Gasteiger charge is -2.08. The van der Waals surface area contributed by atoms with Gasteiger partial charge in [-0.3, -0.25) is 4.79 Å². The molecule has 0 saturated carbocycles. The summed E-state index contributed by atoms with van der Waals surface area (Å²) >= 11 is 12.2. The van der Waals surface area contributed by atoms with E-state index in [0.29, 0.717) is 21.2 Å². The van der Waals surface area contributed by atoms with E-state index in [9.17, 15) is 4.79 Å². The molecule has 0 spiro atoms. The molecule has 1 nitrogen and oxygen atoms in total. The van der Waals surface area contributed by atoms with E-state index in [1.807, 2.05) is 26.0 Å². The molecule has 0 saturated heterocycles. The summed E-state index contributed by atoms with van der Waals surface area (Å²) in [6, 6.07) is 10.8. The molecule has 0 aliphatic heterocycles. The largest absolute Gasteiger partial charge is 0.289 e. The average molecular weight is 307 g/mol. The van der Waals surface area contributed by atoms with Crippen LogP contribution in [0.15, 0.2) is 36.4 Å². The van der Waals surface area contributed by atoms with Crippen LogP contribution >= 0.6 is 23.2 Å². The highest BCUT2D eigenvalue weighted by Gasteiger charge is 2.12. The van der Waals surface area contributed by atoms with Crippen LogP contribution in [0.3, 0.4) is 0 Å². The molecule has 0 aromatic heterocycles. The van der Waals surface area contributed by atoms with E-state index in [1.165, 1.54) is 0 Å². The van der Waals surface area contributed by atoms with Crippen LogP contribution in [-0.2, 0) is 12.8 Å². The molecule has 0 fully saturated rings. The van der Waals surface area contributed by atoms with Gasteiger partial charge in [0.05, 0.1) is 0 Å². The van der Waals surface area contributed by atoms with Crippen molar-refractivity contribution in [3.8, 4) is 0 Å². The molecule has 0 bridgehead atoms. The molecule has 0 unspecified atom stereocenters. The van der Waals surface area contributed by atoms with Crippen LogP contribution < -0.4 is 0 Å². The lowest BCUT2D eigenvalue weighted by Crippen LogP contribution is -2.03. The Labute approximate surface area is 129 Å². The Balaban J connectivity index is 2.41. The Morgan fingerprint density at radius 3 is 1.60 bits per heavy atom. The predicted molar refractivity (Wildman–Crippen MR) is 85.1 cm³/mol. The van der Waals surface area contributed by atoms with Crippen LogP contribution in [0.2, 0.25) is 10.0 Å². The summed E-state index contributed by atoms with van der Waals surface area (Å²) in [6.07, 6.45) is 1.61. The van der Waals surface area contributed by atoms with Gasteiger partial charge in [0.2, 0.25) is 0 Å². The third-order valence-corrected chi connectivity index (χ3v) is 4.12. The van der Waals surface area contributed by atoms with Gasteiger partial charge < -0.3 is 0 Å². The molecule has 0 aliphatic carbocycles. The first-order chi connectivity index (χ1) is 9.56. The summed E-state index contributed by atoms with van der Waals surface area (Å²) in [5, 5.41) is 1.41. The summed E-state index contributed by atoms with van der Waals surface area (Å²) < 4.78 is 0. The Morgan fingerprint density at radius 1 is 0.850 bits per heavy atom. The maximum absolute atomic E-state index is 12.5. The van der Waals surface area contributed by atoms with Crippen molar-refractivity contribution < 1.29 is 4.79 Å². The number of benzene rings is 2. The minimum atomic E-state index is 0.00253. The van der Waals surface area contributed by atoms with Gasteiger partial charge in [0.1, 0.15) is 0 Å². The van der Waals surface area contributed by atoms with Crippen molar-refractivity contribution in [2.75, 3.05) is 0 Å². The molecule has 20 heavy (non-hydrogen) atoms. The first-order valence-corrected chi connectivity index (χ1v) is 7.44. The van der Waals surface area contributed by atoms with Crippen LogP contribution in [0.1, 0.15) is 40.9 Å². The molecule has 2 aromatic carbocycles. The fraction of sp³-hybridized carbons (Fsp3) is 0.235. The number of ketones is 1. The van der Waals surface area contributed by atoms with E-state index in [4.69, 9.17) is 23.2 Å². The van der Waals surface area contributed by atoms with Gasteiger partial charge in [0.25, 0.3) is 0 Å². The van der Waals surface area contributed by atoms with Crippen molar-refractivity contribution in [2.24, 2.45) is 0 Å². The van der Waals surface area contributed by atoms with Crippen molar-refractivity contribution in [1.82, 2.24) is 0 Å². The monoisotopic (exact) mass is 306 g/mol. The molecular formula is C17H16Cl2O. The normalized spacial score (nSPS) is 10.6.